The lowest BCUT2D eigenvalue weighted by atomic mass is 10.0. The van der Waals surface area contributed by atoms with E-state index in [0.717, 1.165) is 5.69 Å². The molecular formula is C67H48N2Si. The summed E-state index contributed by atoms with van der Waals surface area (Å²) < 4.78 is 4.96. The van der Waals surface area contributed by atoms with Gasteiger partial charge in [0.2, 0.25) is 0 Å². The lowest BCUT2D eigenvalue weighted by Crippen LogP contribution is -2.74. The Morgan fingerprint density at radius 3 is 1.31 bits per heavy atom. The lowest BCUT2D eigenvalue weighted by Gasteiger charge is -2.35. The molecule has 0 amide bonds. The van der Waals surface area contributed by atoms with Gasteiger partial charge in [-0.25, -0.2) is 0 Å². The van der Waals surface area contributed by atoms with Crippen molar-refractivity contribution in [2.75, 3.05) is 0 Å². The Morgan fingerprint density at radius 1 is 0.271 bits per heavy atom. The fourth-order valence-corrected chi connectivity index (χ4v) is 16.1. The van der Waals surface area contributed by atoms with Gasteiger partial charge in [0.1, 0.15) is 0 Å². The number of aryl methyl sites for hydroxylation is 1. The number of para-hydroxylation sites is 1. The molecule has 2 heterocycles. The van der Waals surface area contributed by atoms with Crippen molar-refractivity contribution in [2.24, 2.45) is 0 Å². The van der Waals surface area contributed by atoms with Crippen molar-refractivity contribution in [3.63, 3.8) is 0 Å². The minimum Gasteiger partial charge on any atom is -0.309 e. The molecule has 0 atom stereocenters. The molecule has 13 aromatic rings. The first kappa shape index (κ1) is 41.4. The van der Waals surface area contributed by atoms with Crippen LogP contribution in [0.5, 0.6) is 0 Å². The number of nitrogens with zero attached hydrogens (tertiary/aromatic N) is 2. The van der Waals surface area contributed by atoms with E-state index in [1.165, 1.54) is 109 Å². The predicted octanol–water partition coefficient (Wildman–Crippen LogP) is 14.6. The van der Waals surface area contributed by atoms with Crippen molar-refractivity contribution < 1.29 is 0 Å². The number of aromatic nitrogens is 2. The van der Waals surface area contributed by atoms with Gasteiger partial charge in [-0.3, -0.25) is 0 Å². The monoisotopic (exact) mass is 908 g/mol. The quantitative estimate of drug-likeness (QED) is 0.101. The van der Waals surface area contributed by atoms with Gasteiger partial charge in [0.05, 0.1) is 27.8 Å². The van der Waals surface area contributed by atoms with Crippen LogP contribution in [0.15, 0.2) is 273 Å². The van der Waals surface area contributed by atoms with Crippen molar-refractivity contribution in [2.45, 2.75) is 6.92 Å². The van der Waals surface area contributed by atoms with Gasteiger partial charge in [-0.1, -0.05) is 218 Å². The van der Waals surface area contributed by atoms with Crippen LogP contribution in [-0.4, -0.2) is 17.2 Å². The summed E-state index contributed by atoms with van der Waals surface area (Å²) in [5, 5.41) is 10.4. The zero-order valence-electron chi connectivity index (χ0n) is 38.9. The molecule has 11 aromatic carbocycles. The van der Waals surface area contributed by atoms with Crippen LogP contribution < -0.4 is 20.7 Å². The van der Waals surface area contributed by atoms with E-state index in [2.05, 4.69) is 289 Å². The highest BCUT2D eigenvalue weighted by Crippen LogP contribution is 2.40. The molecule has 0 bridgehead atoms. The van der Waals surface area contributed by atoms with Crippen molar-refractivity contribution in [3.8, 4) is 44.8 Å². The summed E-state index contributed by atoms with van der Waals surface area (Å²) in [6, 6.07) is 101. The first-order chi connectivity index (χ1) is 34.6. The van der Waals surface area contributed by atoms with E-state index in [0.29, 0.717) is 0 Å². The highest BCUT2D eigenvalue weighted by atomic mass is 28.3. The predicted molar refractivity (Wildman–Crippen MR) is 300 cm³/mol. The summed E-state index contributed by atoms with van der Waals surface area (Å²) in [5.41, 5.74) is 15.6. The molecule has 0 N–H and O–H groups in total. The molecule has 0 saturated heterocycles. The van der Waals surface area contributed by atoms with Crippen LogP contribution in [0.1, 0.15) is 5.56 Å². The molecule has 13 rings (SSSR count). The van der Waals surface area contributed by atoms with Crippen LogP contribution in [0.2, 0.25) is 0 Å². The molecule has 70 heavy (non-hydrogen) atoms. The second-order valence-corrected chi connectivity index (χ2v) is 22.3. The number of hydrogen-bond donors (Lipinski definition) is 0. The van der Waals surface area contributed by atoms with Gasteiger partial charge in [-0.2, -0.15) is 0 Å². The Bertz CT molecular complexity index is 3930. The zero-order chi connectivity index (χ0) is 46.6. The largest absolute Gasteiger partial charge is 0.309 e. The van der Waals surface area contributed by atoms with E-state index in [-0.39, 0.29) is 0 Å². The number of benzene rings is 11. The molecule has 0 saturated carbocycles. The first-order valence-corrected chi connectivity index (χ1v) is 26.2. The molecule has 0 fully saturated rings. The SMILES string of the molecule is Cc1ccc2c3cc(-c4ccc5c(c4)c4ccccc4n5-c4cc([Si](c5ccccc5)(c5ccccc5)c5ccccc5)ccc4-c4ccccc4)ccc3n(-c3ccc(-c4ccccc4)cc3)c2c1. The molecule has 3 heteroatoms. The van der Waals surface area contributed by atoms with Crippen LogP contribution in [0.25, 0.3) is 88.4 Å². The Hall–Kier alpha value is -8.76. The molecule has 2 aromatic heterocycles. The average Bonchev–Trinajstić information content (AvgIpc) is 3.94. The molecule has 0 aliphatic rings. The smallest absolute Gasteiger partial charge is 0.179 e. The van der Waals surface area contributed by atoms with Crippen LogP contribution in [0.3, 0.4) is 0 Å². The third-order valence-corrected chi connectivity index (χ3v) is 19.3. The minimum atomic E-state index is -2.85. The minimum absolute atomic E-state index is 1.16. The van der Waals surface area contributed by atoms with E-state index in [9.17, 15) is 0 Å². The zero-order valence-corrected chi connectivity index (χ0v) is 39.9. The third kappa shape index (κ3) is 6.77. The summed E-state index contributed by atoms with van der Waals surface area (Å²) in [5.74, 6) is 0. The van der Waals surface area contributed by atoms with Crippen molar-refractivity contribution in [1.29, 1.82) is 0 Å². The second kappa shape index (κ2) is 17.1. The molecule has 0 unspecified atom stereocenters. The van der Waals surface area contributed by atoms with Crippen molar-refractivity contribution in [1.82, 2.24) is 9.13 Å². The highest BCUT2D eigenvalue weighted by Gasteiger charge is 2.42. The summed E-state index contributed by atoms with van der Waals surface area (Å²) in [4.78, 5) is 0. The molecule has 0 spiro atoms. The molecule has 0 aliphatic carbocycles. The lowest BCUT2D eigenvalue weighted by molar-refractivity contribution is 1.18. The Kier molecular flexibility index (Phi) is 10.1. The van der Waals surface area contributed by atoms with Gasteiger partial charge in [0.15, 0.2) is 8.07 Å². The Balaban J connectivity index is 1.01. The Labute approximate surface area is 409 Å². The van der Waals surface area contributed by atoms with E-state index < -0.39 is 8.07 Å². The fourth-order valence-electron chi connectivity index (χ4n) is 11.3. The van der Waals surface area contributed by atoms with Crippen LogP contribution in [0.4, 0.5) is 0 Å². The third-order valence-electron chi connectivity index (χ3n) is 14.5. The Morgan fingerprint density at radius 2 is 0.729 bits per heavy atom. The normalized spacial score (nSPS) is 11.8. The summed E-state index contributed by atoms with van der Waals surface area (Å²) >= 11 is 0. The van der Waals surface area contributed by atoms with Gasteiger partial charge in [-0.15, -0.1) is 0 Å². The number of hydrogen-bond acceptors (Lipinski definition) is 0. The van der Waals surface area contributed by atoms with Crippen LogP contribution in [0, 0.1) is 6.92 Å². The van der Waals surface area contributed by atoms with E-state index in [1.54, 1.807) is 0 Å². The number of rotatable bonds is 9. The summed E-state index contributed by atoms with van der Waals surface area (Å²) in [6.45, 7) is 2.18. The standard InChI is InChI=1S/C67H48N2Si/c1-47-31-39-60-62-45-51(34-41-64(62)68(66(60)43-47)53-36-32-49(33-37-53)48-19-7-2-8-20-48)52-35-42-65-61(44-52)59-29-17-18-30-63(59)69(65)67-46-57(38-40-58(67)50-21-9-3-10-22-50)70(54-23-11-4-12-24-54,55-25-13-5-14-26-55)56-27-15-6-16-28-56/h2-46H,1H3. The molecule has 330 valence electrons. The van der Waals surface area contributed by atoms with Gasteiger partial charge in [-0.05, 0) is 116 Å². The van der Waals surface area contributed by atoms with Gasteiger partial charge >= 0.3 is 0 Å². The van der Waals surface area contributed by atoms with Crippen molar-refractivity contribution >= 4 is 72.4 Å². The molecular weight excluding hydrogens is 861 g/mol. The van der Waals surface area contributed by atoms with Gasteiger partial charge in [0.25, 0.3) is 0 Å². The number of fused-ring (bicyclic) bond motifs is 6. The summed E-state index contributed by atoms with van der Waals surface area (Å²) in [6.07, 6.45) is 0. The van der Waals surface area contributed by atoms with Gasteiger partial charge < -0.3 is 9.13 Å². The van der Waals surface area contributed by atoms with Gasteiger partial charge in [0, 0.05) is 32.8 Å². The molecule has 0 aliphatic heterocycles. The average molecular weight is 909 g/mol. The maximum atomic E-state index is 2.53. The maximum absolute atomic E-state index is 2.85. The second-order valence-electron chi connectivity index (χ2n) is 18.5. The maximum Gasteiger partial charge on any atom is 0.179 e. The van der Waals surface area contributed by atoms with E-state index in [1.807, 2.05) is 0 Å². The highest BCUT2D eigenvalue weighted by molar-refractivity contribution is 7.19. The fraction of sp³-hybridized carbons (Fsp3) is 0.0149. The topological polar surface area (TPSA) is 9.86 Å². The van der Waals surface area contributed by atoms with E-state index >= 15 is 0 Å². The van der Waals surface area contributed by atoms with Crippen LogP contribution >= 0.6 is 0 Å². The summed E-state index contributed by atoms with van der Waals surface area (Å²) in [7, 11) is -2.85. The van der Waals surface area contributed by atoms with Crippen LogP contribution in [-0.2, 0) is 0 Å². The first-order valence-electron chi connectivity index (χ1n) is 24.2. The molecule has 0 radical (unpaired) electrons. The van der Waals surface area contributed by atoms with Crippen molar-refractivity contribution in [3.05, 3.63) is 279 Å². The molecule has 2 nitrogen and oxygen atoms in total. The van der Waals surface area contributed by atoms with E-state index in [4.69, 9.17) is 0 Å².